The van der Waals surface area contributed by atoms with Crippen LogP contribution in [0.15, 0.2) is 229 Å². The van der Waals surface area contributed by atoms with E-state index in [-0.39, 0.29) is 0 Å². The molecule has 0 unspecified atom stereocenters. The number of hydrogen-bond donors (Lipinski definition) is 0. The van der Waals surface area contributed by atoms with Crippen molar-refractivity contribution in [2.24, 2.45) is 0 Å². The lowest BCUT2D eigenvalue weighted by Crippen LogP contribution is -2.12. The van der Waals surface area contributed by atoms with Crippen LogP contribution < -0.4 is 4.90 Å². The molecule has 0 fully saturated rings. The molecule has 3 heteroatoms. The molecule has 2 nitrogen and oxygen atoms in total. The van der Waals surface area contributed by atoms with Crippen LogP contribution in [-0.4, -0.2) is 0 Å². The average molecular weight is 796 g/mol. The first-order valence-electron chi connectivity index (χ1n) is 20.7. The number of thiophene rings is 1. The molecule has 0 atom stereocenters. The Morgan fingerprint density at radius 2 is 0.934 bits per heavy atom. The normalized spacial score (nSPS) is 11.6. The van der Waals surface area contributed by atoms with Gasteiger partial charge in [-0.2, -0.15) is 0 Å². The molecule has 0 bridgehead atoms. The second-order valence-corrected chi connectivity index (χ2v) is 16.7. The highest BCUT2D eigenvalue weighted by molar-refractivity contribution is 7.26. The summed E-state index contributed by atoms with van der Waals surface area (Å²) in [5, 5.41) is 7.30. The Morgan fingerprint density at radius 3 is 1.84 bits per heavy atom. The van der Waals surface area contributed by atoms with Crippen molar-refractivity contribution < 1.29 is 4.42 Å². The van der Waals surface area contributed by atoms with Crippen molar-refractivity contribution in [2.45, 2.75) is 0 Å². The smallest absolute Gasteiger partial charge is 0.136 e. The first-order chi connectivity index (χ1) is 30.2. The number of nitrogens with zero attached hydrogens (tertiary/aromatic N) is 1. The van der Waals surface area contributed by atoms with E-state index in [1.165, 1.54) is 53.2 Å². The zero-order chi connectivity index (χ0) is 40.3. The highest BCUT2D eigenvalue weighted by Crippen LogP contribution is 2.48. The van der Waals surface area contributed by atoms with Crippen LogP contribution in [0.2, 0.25) is 0 Å². The molecule has 2 heterocycles. The molecule has 0 saturated carbocycles. The van der Waals surface area contributed by atoms with Crippen molar-refractivity contribution in [1.82, 2.24) is 0 Å². The van der Waals surface area contributed by atoms with Gasteiger partial charge in [-0.05, 0) is 98.8 Å². The zero-order valence-corrected chi connectivity index (χ0v) is 33.9. The van der Waals surface area contributed by atoms with E-state index < -0.39 is 0 Å². The van der Waals surface area contributed by atoms with Gasteiger partial charge in [0.05, 0.1) is 11.4 Å². The second-order valence-electron chi connectivity index (χ2n) is 15.6. The maximum atomic E-state index is 6.43. The summed E-state index contributed by atoms with van der Waals surface area (Å²) in [4.78, 5) is 2.45. The van der Waals surface area contributed by atoms with E-state index in [4.69, 9.17) is 4.42 Å². The second kappa shape index (κ2) is 14.5. The Balaban J connectivity index is 1.06. The maximum Gasteiger partial charge on any atom is 0.136 e. The number of anilines is 3. The van der Waals surface area contributed by atoms with E-state index in [0.29, 0.717) is 0 Å². The quantitative estimate of drug-likeness (QED) is 0.160. The lowest BCUT2D eigenvalue weighted by Gasteiger charge is -2.30. The lowest BCUT2D eigenvalue weighted by molar-refractivity contribution is 0.669. The van der Waals surface area contributed by atoms with Crippen LogP contribution in [0.25, 0.3) is 97.4 Å². The number of benzene rings is 10. The third kappa shape index (κ3) is 6.01. The van der Waals surface area contributed by atoms with Gasteiger partial charge in [0.2, 0.25) is 0 Å². The highest BCUT2D eigenvalue weighted by atomic mass is 32.1. The molecule has 0 aliphatic heterocycles. The number of furan rings is 1. The van der Waals surface area contributed by atoms with Crippen molar-refractivity contribution in [3.8, 4) is 44.5 Å². The Morgan fingerprint density at radius 1 is 0.344 bits per heavy atom. The van der Waals surface area contributed by atoms with E-state index in [2.05, 4.69) is 223 Å². The molecule has 12 aromatic rings. The molecule has 2 aromatic heterocycles. The predicted molar refractivity (Wildman–Crippen MR) is 261 cm³/mol. The van der Waals surface area contributed by atoms with Gasteiger partial charge in [-0.15, -0.1) is 11.3 Å². The van der Waals surface area contributed by atoms with Gasteiger partial charge in [0.15, 0.2) is 0 Å². The summed E-state index contributed by atoms with van der Waals surface area (Å²) < 4.78 is 9.07. The summed E-state index contributed by atoms with van der Waals surface area (Å²) in [6.07, 6.45) is 0. The Bertz CT molecular complexity index is 3630. The topological polar surface area (TPSA) is 16.4 Å². The van der Waals surface area contributed by atoms with Crippen molar-refractivity contribution in [2.75, 3.05) is 4.90 Å². The largest absolute Gasteiger partial charge is 0.456 e. The molecule has 286 valence electrons. The number of fused-ring (bicyclic) bond motifs is 7. The lowest BCUT2D eigenvalue weighted by atomic mass is 9.94. The summed E-state index contributed by atoms with van der Waals surface area (Å²) in [5.74, 6) is 0. The van der Waals surface area contributed by atoms with Gasteiger partial charge in [-0.1, -0.05) is 170 Å². The molecule has 0 saturated heterocycles. The Labute approximate surface area is 357 Å². The standard InChI is InChI=1S/C58H37NOS/c1-2-16-39-35-43(34-33-38(39)15-1)45-21-3-7-28-52(45)59(53-29-8-4-22-47(53)49-26-14-31-55-57(49)51-24-5-9-30-54(51)60-55)44-20-12-18-41(37-44)40-17-11-19-42(36-40)46-25-13-27-50-48-23-6-10-32-56(48)61-58(46)50/h1-37H. The summed E-state index contributed by atoms with van der Waals surface area (Å²) in [5.41, 5.74) is 14.4. The van der Waals surface area contributed by atoms with E-state index in [9.17, 15) is 0 Å². The minimum absolute atomic E-state index is 0.879. The third-order valence-electron chi connectivity index (χ3n) is 12.1. The molecule has 61 heavy (non-hydrogen) atoms. The molecule has 10 aromatic carbocycles. The third-order valence-corrected chi connectivity index (χ3v) is 13.3. The van der Waals surface area contributed by atoms with Crippen molar-refractivity contribution in [3.63, 3.8) is 0 Å². The Kier molecular flexibility index (Phi) is 8.39. The SMILES string of the molecule is c1cc(-c2cccc(N(c3ccccc3-c3ccc4ccccc4c3)c3ccccc3-c3cccc4oc5ccccc5c34)c2)cc(-c2cccc3c2sc2ccccc23)c1. The van der Waals surface area contributed by atoms with Crippen LogP contribution in [0.5, 0.6) is 0 Å². The minimum atomic E-state index is 0.879. The summed E-state index contributed by atoms with van der Waals surface area (Å²) in [7, 11) is 0. The van der Waals surface area contributed by atoms with Gasteiger partial charge in [0.25, 0.3) is 0 Å². The molecule has 0 aliphatic rings. The monoisotopic (exact) mass is 795 g/mol. The molecule has 0 spiro atoms. The number of hydrogen-bond acceptors (Lipinski definition) is 3. The minimum Gasteiger partial charge on any atom is -0.456 e. The van der Waals surface area contributed by atoms with Crippen molar-refractivity contribution in [3.05, 3.63) is 224 Å². The molecule has 0 amide bonds. The summed E-state index contributed by atoms with van der Waals surface area (Å²) in [6.45, 7) is 0. The fourth-order valence-electron chi connectivity index (χ4n) is 9.24. The van der Waals surface area contributed by atoms with E-state index in [1.807, 2.05) is 17.4 Å². The molecule has 0 radical (unpaired) electrons. The molecule has 0 N–H and O–H groups in total. The fourth-order valence-corrected chi connectivity index (χ4v) is 10.5. The van der Waals surface area contributed by atoms with Gasteiger partial charge in [-0.25, -0.2) is 0 Å². The molecular weight excluding hydrogens is 759 g/mol. The summed E-state index contributed by atoms with van der Waals surface area (Å²) in [6, 6.07) is 81.3. The molecular formula is C58H37NOS. The number of rotatable bonds is 7. The van der Waals surface area contributed by atoms with Gasteiger partial charge in [0, 0.05) is 47.8 Å². The number of para-hydroxylation sites is 3. The van der Waals surface area contributed by atoms with Gasteiger partial charge in [0.1, 0.15) is 11.2 Å². The van der Waals surface area contributed by atoms with Gasteiger partial charge >= 0.3 is 0 Å². The van der Waals surface area contributed by atoms with E-state index in [1.54, 1.807) is 0 Å². The van der Waals surface area contributed by atoms with Gasteiger partial charge < -0.3 is 9.32 Å². The Hall–Kier alpha value is -7.72. The summed E-state index contributed by atoms with van der Waals surface area (Å²) >= 11 is 1.87. The molecule has 12 rings (SSSR count). The van der Waals surface area contributed by atoms with Crippen molar-refractivity contribution >= 4 is 81.3 Å². The highest BCUT2D eigenvalue weighted by Gasteiger charge is 2.23. The fraction of sp³-hybridized carbons (Fsp3) is 0. The van der Waals surface area contributed by atoms with Crippen LogP contribution in [0.1, 0.15) is 0 Å². The van der Waals surface area contributed by atoms with Crippen LogP contribution >= 0.6 is 11.3 Å². The van der Waals surface area contributed by atoms with Crippen LogP contribution in [0, 0.1) is 0 Å². The molecule has 0 aliphatic carbocycles. The zero-order valence-electron chi connectivity index (χ0n) is 33.1. The average Bonchev–Trinajstić information content (AvgIpc) is 3.91. The van der Waals surface area contributed by atoms with Crippen molar-refractivity contribution in [1.29, 1.82) is 0 Å². The van der Waals surface area contributed by atoms with Crippen LogP contribution in [0.3, 0.4) is 0 Å². The first kappa shape index (κ1) is 35.2. The maximum absolute atomic E-state index is 6.43. The van der Waals surface area contributed by atoms with E-state index in [0.717, 1.165) is 61.3 Å². The van der Waals surface area contributed by atoms with Gasteiger partial charge in [-0.3, -0.25) is 0 Å². The van der Waals surface area contributed by atoms with Crippen LogP contribution in [-0.2, 0) is 0 Å². The predicted octanol–water partition coefficient (Wildman–Crippen LogP) is 17.2. The van der Waals surface area contributed by atoms with Crippen LogP contribution in [0.4, 0.5) is 17.1 Å². The van der Waals surface area contributed by atoms with E-state index >= 15 is 0 Å². The first-order valence-corrected chi connectivity index (χ1v) is 21.6.